The van der Waals surface area contributed by atoms with Crippen LogP contribution in [0.25, 0.3) is 0 Å². The molecule has 1 N–H and O–H groups in total. The van der Waals surface area contributed by atoms with Crippen molar-refractivity contribution in [2.24, 2.45) is 0 Å². The SMILES string of the molecule is CCC(C)c1ccccc1NC(=O)c1c(OC)cccc1OC. The van der Waals surface area contributed by atoms with E-state index in [1.165, 1.54) is 0 Å². The van der Waals surface area contributed by atoms with Crippen molar-refractivity contribution in [1.29, 1.82) is 0 Å². The first-order valence-electron chi connectivity index (χ1n) is 7.73. The van der Waals surface area contributed by atoms with E-state index < -0.39 is 0 Å². The van der Waals surface area contributed by atoms with E-state index in [1.54, 1.807) is 32.4 Å². The molecule has 0 saturated carbocycles. The molecule has 0 bridgehead atoms. The van der Waals surface area contributed by atoms with Gasteiger partial charge in [-0.3, -0.25) is 4.79 Å². The van der Waals surface area contributed by atoms with Gasteiger partial charge >= 0.3 is 0 Å². The molecule has 4 nitrogen and oxygen atoms in total. The van der Waals surface area contributed by atoms with E-state index >= 15 is 0 Å². The number of para-hydroxylation sites is 1. The number of anilines is 1. The van der Waals surface area contributed by atoms with Crippen molar-refractivity contribution in [3.8, 4) is 11.5 Å². The average Bonchev–Trinajstić information content (AvgIpc) is 2.60. The van der Waals surface area contributed by atoms with Crippen LogP contribution in [0.4, 0.5) is 5.69 Å². The minimum Gasteiger partial charge on any atom is -0.496 e. The third kappa shape index (κ3) is 3.65. The molecule has 0 spiro atoms. The van der Waals surface area contributed by atoms with Crippen molar-refractivity contribution in [3.05, 3.63) is 53.6 Å². The summed E-state index contributed by atoms with van der Waals surface area (Å²) < 4.78 is 10.6. The fourth-order valence-electron chi connectivity index (χ4n) is 2.52. The molecule has 0 aliphatic heterocycles. The van der Waals surface area contributed by atoms with Crippen LogP contribution >= 0.6 is 0 Å². The van der Waals surface area contributed by atoms with Crippen molar-refractivity contribution >= 4 is 11.6 Å². The molecule has 0 aliphatic rings. The summed E-state index contributed by atoms with van der Waals surface area (Å²) in [6.45, 7) is 4.28. The van der Waals surface area contributed by atoms with E-state index in [4.69, 9.17) is 9.47 Å². The van der Waals surface area contributed by atoms with E-state index in [2.05, 4.69) is 19.2 Å². The zero-order valence-electron chi connectivity index (χ0n) is 14.1. The summed E-state index contributed by atoms with van der Waals surface area (Å²) in [5.74, 6) is 1.10. The molecule has 2 aromatic rings. The van der Waals surface area contributed by atoms with Gasteiger partial charge in [0, 0.05) is 5.69 Å². The molecular formula is C19H23NO3. The average molecular weight is 313 g/mol. The molecule has 1 amide bonds. The lowest BCUT2D eigenvalue weighted by atomic mass is 9.96. The molecule has 2 rings (SSSR count). The van der Waals surface area contributed by atoms with Crippen molar-refractivity contribution in [2.45, 2.75) is 26.2 Å². The predicted octanol–water partition coefficient (Wildman–Crippen LogP) is 4.47. The van der Waals surface area contributed by atoms with Gasteiger partial charge in [0.2, 0.25) is 0 Å². The number of carbonyl (C=O) groups is 1. The standard InChI is InChI=1S/C19H23NO3/c1-5-13(2)14-9-6-7-10-15(14)20-19(21)18-16(22-3)11-8-12-17(18)23-4/h6-13H,5H2,1-4H3,(H,20,21). The molecule has 0 radical (unpaired) electrons. The maximum atomic E-state index is 12.8. The molecule has 122 valence electrons. The van der Waals surface area contributed by atoms with E-state index in [-0.39, 0.29) is 5.91 Å². The summed E-state index contributed by atoms with van der Waals surface area (Å²) in [5.41, 5.74) is 2.34. The van der Waals surface area contributed by atoms with E-state index in [0.29, 0.717) is 23.0 Å². The Hall–Kier alpha value is -2.49. The van der Waals surface area contributed by atoms with Gasteiger partial charge in [0.15, 0.2) is 0 Å². The van der Waals surface area contributed by atoms with Crippen LogP contribution in [0.1, 0.15) is 42.1 Å². The summed E-state index contributed by atoms with van der Waals surface area (Å²) in [6, 6.07) is 13.2. The van der Waals surface area contributed by atoms with Gasteiger partial charge in [-0.15, -0.1) is 0 Å². The Morgan fingerprint density at radius 2 is 1.65 bits per heavy atom. The maximum Gasteiger partial charge on any atom is 0.263 e. The molecular weight excluding hydrogens is 290 g/mol. The van der Waals surface area contributed by atoms with Crippen LogP contribution in [0.2, 0.25) is 0 Å². The van der Waals surface area contributed by atoms with Gasteiger partial charge in [0.25, 0.3) is 5.91 Å². The van der Waals surface area contributed by atoms with Crippen LogP contribution in [0, 0.1) is 0 Å². The van der Waals surface area contributed by atoms with Gasteiger partial charge < -0.3 is 14.8 Å². The lowest BCUT2D eigenvalue weighted by Gasteiger charge is -2.17. The lowest BCUT2D eigenvalue weighted by molar-refractivity contribution is 0.102. The van der Waals surface area contributed by atoms with Gasteiger partial charge in [0.05, 0.1) is 14.2 Å². The second kappa shape index (κ2) is 7.68. The molecule has 0 heterocycles. The Bertz CT molecular complexity index is 660. The number of benzene rings is 2. The predicted molar refractivity (Wildman–Crippen MR) is 92.6 cm³/mol. The lowest BCUT2D eigenvalue weighted by Crippen LogP contribution is -2.16. The van der Waals surface area contributed by atoms with Gasteiger partial charge in [-0.25, -0.2) is 0 Å². The summed E-state index contributed by atoms with van der Waals surface area (Å²) in [7, 11) is 3.08. The van der Waals surface area contributed by atoms with Crippen LogP contribution < -0.4 is 14.8 Å². The summed E-state index contributed by atoms with van der Waals surface area (Å²) >= 11 is 0. The third-order valence-corrected chi connectivity index (χ3v) is 4.01. The highest BCUT2D eigenvalue weighted by molar-refractivity contribution is 6.08. The largest absolute Gasteiger partial charge is 0.496 e. The highest BCUT2D eigenvalue weighted by Crippen LogP contribution is 2.31. The van der Waals surface area contributed by atoms with E-state index in [1.807, 2.05) is 24.3 Å². The van der Waals surface area contributed by atoms with Crippen LogP contribution in [0.5, 0.6) is 11.5 Å². The first-order chi connectivity index (χ1) is 11.1. The number of ether oxygens (including phenoxy) is 2. The van der Waals surface area contributed by atoms with Gasteiger partial charge in [-0.1, -0.05) is 38.1 Å². The number of rotatable bonds is 6. The number of hydrogen-bond acceptors (Lipinski definition) is 3. The summed E-state index contributed by atoms with van der Waals surface area (Å²) in [4.78, 5) is 12.8. The number of carbonyl (C=O) groups excluding carboxylic acids is 1. The fourth-order valence-corrected chi connectivity index (χ4v) is 2.52. The zero-order valence-corrected chi connectivity index (χ0v) is 14.1. The molecule has 0 aromatic heterocycles. The Morgan fingerprint density at radius 3 is 2.22 bits per heavy atom. The second-order valence-corrected chi connectivity index (χ2v) is 5.39. The molecule has 0 fully saturated rings. The Kier molecular flexibility index (Phi) is 5.63. The summed E-state index contributed by atoms with van der Waals surface area (Å²) in [5, 5.41) is 2.99. The van der Waals surface area contributed by atoms with Gasteiger partial charge in [0.1, 0.15) is 17.1 Å². The quantitative estimate of drug-likeness (QED) is 0.856. The molecule has 0 saturated heterocycles. The van der Waals surface area contributed by atoms with Crippen molar-refractivity contribution in [1.82, 2.24) is 0 Å². The van der Waals surface area contributed by atoms with Crippen LogP contribution in [0.3, 0.4) is 0 Å². The topological polar surface area (TPSA) is 47.6 Å². The minimum atomic E-state index is -0.241. The normalized spacial score (nSPS) is 11.7. The number of methoxy groups -OCH3 is 2. The smallest absolute Gasteiger partial charge is 0.263 e. The molecule has 1 unspecified atom stereocenters. The molecule has 4 heteroatoms. The van der Waals surface area contributed by atoms with Crippen LogP contribution in [-0.4, -0.2) is 20.1 Å². The summed E-state index contributed by atoms with van der Waals surface area (Å²) in [6.07, 6.45) is 1.00. The van der Waals surface area contributed by atoms with Crippen LogP contribution in [-0.2, 0) is 0 Å². The van der Waals surface area contributed by atoms with Crippen molar-refractivity contribution in [3.63, 3.8) is 0 Å². The second-order valence-electron chi connectivity index (χ2n) is 5.39. The molecule has 0 aliphatic carbocycles. The molecule has 2 aromatic carbocycles. The fraction of sp³-hybridized carbons (Fsp3) is 0.316. The number of nitrogens with one attached hydrogen (secondary N) is 1. The van der Waals surface area contributed by atoms with Crippen molar-refractivity contribution < 1.29 is 14.3 Å². The first-order valence-corrected chi connectivity index (χ1v) is 7.73. The number of hydrogen-bond donors (Lipinski definition) is 1. The Labute approximate surface area is 137 Å². The minimum absolute atomic E-state index is 0.241. The molecule has 23 heavy (non-hydrogen) atoms. The monoisotopic (exact) mass is 313 g/mol. The van der Waals surface area contributed by atoms with Gasteiger partial charge in [-0.2, -0.15) is 0 Å². The maximum absolute atomic E-state index is 12.8. The van der Waals surface area contributed by atoms with Gasteiger partial charge in [-0.05, 0) is 36.1 Å². The van der Waals surface area contributed by atoms with Crippen molar-refractivity contribution in [2.75, 3.05) is 19.5 Å². The molecule has 1 atom stereocenters. The number of amides is 1. The van der Waals surface area contributed by atoms with E-state index in [9.17, 15) is 4.79 Å². The van der Waals surface area contributed by atoms with Crippen LogP contribution in [0.15, 0.2) is 42.5 Å². The highest BCUT2D eigenvalue weighted by atomic mass is 16.5. The zero-order chi connectivity index (χ0) is 16.8. The Morgan fingerprint density at radius 1 is 1.04 bits per heavy atom. The third-order valence-electron chi connectivity index (χ3n) is 4.01. The first kappa shape index (κ1) is 16.9. The highest BCUT2D eigenvalue weighted by Gasteiger charge is 2.19. The Balaban J connectivity index is 2.38. The van der Waals surface area contributed by atoms with E-state index in [0.717, 1.165) is 17.7 Å².